The van der Waals surface area contributed by atoms with E-state index in [0.29, 0.717) is 31.1 Å². The van der Waals surface area contributed by atoms with Crippen molar-refractivity contribution in [1.82, 2.24) is 15.2 Å². The molecule has 2 amide bonds. The van der Waals surface area contributed by atoms with Crippen LogP contribution in [0.4, 0.5) is 9.18 Å². The summed E-state index contributed by atoms with van der Waals surface area (Å²) in [5, 5.41) is 11.5. The molecule has 0 aliphatic carbocycles. The lowest BCUT2D eigenvalue weighted by molar-refractivity contribution is 0.0413. The normalized spacial score (nSPS) is 13.8. The topological polar surface area (TPSA) is 78.2 Å². The van der Waals surface area contributed by atoms with Crippen LogP contribution in [0, 0.1) is 17.1 Å². The number of amides is 2. The summed E-state index contributed by atoms with van der Waals surface area (Å²) in [6.07, 6.45) is 1.34. The second kappa shape index (κ2) is 6.96. The molecule has 1 fully saturated rings. The van der Waals surface area contributed by atoms with E-state index in [0.717, 1.165) is 5.56 Å². The molecule has 2 aromatic rings. The van der Waals surface area contributed by atoms with Crippen molar-refractivity contribution in [2.45, 2.75) is 12.6 Å². The Bertz CT molecular complexity index is 750. The second-order valence-electron chi connectivity index (χ2n) is 5.43. The third-order valence-electron chi connectivity index (χ3n) is 3.65. The average molecular weight is 326 g/mol. The van der Waals surface area contributed by atoms with Crippen molar-refractivity contribution in [3.05, 3.63) is 59.5 Å². The molecule has 0 radical (unpaired) electrons. The van der Waals surface area contributed by atoms with E-state index < -0.39 is 0 Å². The number of hydrogen-bond acceptors (Lipinski definition) is 4. The van der Waals surface area contributed by atoms with Gasteiger partial charge >= 0.3 is 6.03 Å². The number of halogens is 1. The Balaban J connectivity index is 1.41. The molecule has 1 aromatic heterocycles. The Labute approximate surface area is 138 Å². The van der Waals surface area contributed by atoms with Crippen molar-refractivity contribution in [2.75, 3.05) is 13.1 Å². The Morgan fingerprint density at radius 2 is 2.08 bits per heavy atom. The molecule has 1 aliphatic heterocycles. The molecule has 24 heavy (non-hydrogen) atoms. The van der Waals surface area contributed by atoms with Crippen LogP contribution in [0.2, 0.25) is 0 Å². The largest absolute Gasteiger partial charge is 0.471 e. The molecule has 1 N–H and O–H groups in total. The maximum atomic E-state index is 12.8. The molecule has 0 saturated carbocycles. The molecule has 1 aliphatic rings. The molecule has 1 saturated heterocycles. The van der Waals surface area contributed by atoms with Crippen molar-refractivity contribution in [2.24, 2.45) is 0 Å². The number of rotatable bonds is 4. The van der Waals surface area contributed by atoms with Gasteiger partial charge in [0.2, 0.25) is 5.88 Å². The first-order chi connectivity index (χ1) is 11.6. The molecule has 122 valence electrons. The zero-order valence-corrected chi connectivity index (χ0v) is 12.8. The number of hydrogen-bond donors (Lipinski definition) is 1. The molecular weight excluding hydrogens is 311 g/mol. The Kier molecular flexibility index (Phi) is 4.57. The highest BCUT2D eigenvalue weighted by Crippen LogP contribution is 2.16. The summed E-state index contributed by atoms with van der Waals surface area (Å²) in [5.74, 6) is 0.134. The van der Waals surface area contributed by atoms with Crippen molar-refractivity contribution in [3.8, 4) is 11.9 Å². The van der Waals surface area contributed by atoms with Gasteiger partial charge in [-0.25, -0.2) is 14.2 Å². The van der Waals surface area contributed by atoms with Gasteiger partial charge in [-0.1, -0.05) is 12.1 Å². The summed E-state index contributed by atoms with van der Waals surface area (Å²) in [7, 11) is 0. The fourth-order valence-corrected chi connectivity index (χ4v) is 2.26. The van der Waals surface area contributed by atoms with E-state index >= 15 is 0 Å². The van der Waals surface area contributed by atoms with Gasteiger partial charge in [-0.05, 0) is 23.8 Å². The number of pyridine rings is 1. The fourth-order valence-electron chi connectivity index (χ4n) is 2.26. The third kappa shape index (κ3) is 3.79. The minimum atomic E-state index is -0.302. The number of nitriles is 1. The highest BCUT2D eigenvalue weighted by atomic mass is 19.1. The van der Waals surface area contributed by atoms with E-state index in [-0.39, 0.29) is 18.0 Å². The highest BCUT2D eigenvalue weighted by molar-refractivity contribution is 5.75. The molecule has 7 heteroatoms. The van der Waals surface area contributed by atoms with Crippen LogP contribution in [0.5, 0.6) is 5.88 Å². The van der Waals surface area contributed by atoms with E-state index in [4.69, 9.17) is 10.00 Å². The number of likely N-dealkylation sites (tertiary alicyclic amines) is 1. The summed E-state index contributed by atoms with van der Waals surface area (Å²) >= 11 is 0. The van der Waals surface area contributed by atoms with Gasteiger partial charge < -0.3 is 15.0 Å². The van der Waals surface area contributed by atoms with E-state index in [1.165, 1.54) is 18.3 Å². The number of urea groups is 1. The van der Waals surface area contributed by atoms with Crippen molar-refractivity contribution in [1.29, 1.82) is 5.26 Å². The number of benzene rings is 1. The van der Waals surface area contributed by atoms with Crippen LogP contribution in [0.15, 0.2) is 42.6 Å². The van der Waals surface area contributed by atoms with Crippen molar-refractivity contribution in [3.63, 3.8) is 0 Å². The van der Waals surface area contributed by atoms with Crippen molar-refractivity contribution < 1.29 is 13.9 Å². The minimum absolute atomic E-state index is 0.109. The SMILES string of the molecule is N#Cc1ccc(OC2CN(C(=O)NCc3ccc(F)cc3)C2)nc1. The Morgan fingerprint density at radius 3 is 2.71 bits per heavy atom. The number of nitrogens with one attached hydrogen (secondary N) is 1. The molecular formula is C17H15FN4O2. The van der Waals surface area contributed by atoms with Gasteiger partial charge in [-0.15, -0.1) is 0 Å². The first-order valence-electron chi connectivity index (χ1n) is 7.44. The number of nitrogens with zero attached hydrogens (tertiary/aromatic N) is 3. The smallest absolute Gasteiger partial charge is 0.317 e. The quantitative estimate of drug-likeness (QED) is 0.933. The third-order valence-corrected chi connectivity index (χ3v) is 3.65. The molecule has 0 unspecified atom stereocenters. The van der Waals surface area contributed by atoms with Gasteiger partial charge in [0, 0.05) is 18.8 Å². The maximum Gasteiger partial charge on any atom is 0.317 e. The van der Waals surface area contributed by atoms with E-state index in [9.17, 15) is 9.18 Å². The predicted molar refractivity (Wildman–Crippen MR) is 83.6 cm³/mol. The summed E-state index contributed by atoms with van der Waals surface area (Å²) < 4.78 is 18.4. The predicted octanol–water partition coefficient (Wildman–Crippen LogP) is 2.07. The standard InChI is InChI=1S/C17H15FN4O2/c18-14-4-1-12(2-5-14)8-21-17(23)22-10-15(11-22)24-16-6-3-13(7-19)9-20-16/h1-6,9,15H,8,10-11H2,(H,21,23). The average Bonchev–Trinajstić information content (AvgIpc) is 2.57. The zero-order valence-electron chi connectivity index (χ0n) is 12.8. The molecule has 0 atom stereocenters. The van der Waals surface area contributed by atoms with Crippen molar-refractivity contribution >= 4 is 6.03 Å². The summed E-state index contributed by atoms with van der Waals surface area (Å²) in [5.41, 5.74) is 1.30. The van der Waals surface area contributed by atoms with Crippen LogP contribution in [0.3, 0.4) is 0 Å². The fraction of sp³-hybridized carbons (Fsp3) is 0.235. The molecule has 3 rings (SSSR count). The summed E-state index contributed by atoms with van der Waals surface area (Å²) in [4.78, 5) is 17.6. The second-order valence-corrected chi connectivity index (χ2v) is 5.43. The lowest BCUT2D eigenvalue weighted by Gasteiger charge is -2.38. The van der Waals surface area contributed by atoms with Gasteiger partial charge in [0.1, 0.15) is 18.0 Å². The van der Waals surface area contributed by atoms with Gasteiger partial charge in [0.05, 0.1) is 18.7 Å². The zero-order chi connectivity index (χ0) is 16.9. The van der Waals surface area contributed by atoms with Gasteiger partial charge in [-0.2, -0.15) is 5.26 Å². The van der Waals surface area contributed by atoms with E-state index in [2.05, 4.69) is 10.3 Å². The first-order valence-corrected chi connectivity index (χ1v) is 7.44. The number of ether oxygens (including phenoxy) is 1. The molecule has 0 spiro atoms. The lowest BCUT2D eigenvalue weighted by Crippen LogP contribution is -2.58. The van der Waals surface area contributed by atoms with Gasteiger partial charge in [0.15, 0.2) is 0 Å². The number of aromatic nitrogens is 1. The molecule has 6 nitrogen and oxygen atoms in total. The number of carbonyl (C=O) groups is 1. The monoisotopic (exact) mass is 326 g/mol. The van der Waals surface area contributed by atoms with Gasteiger partial charge in [0.25, 0.3) is 0 Å². The van der Waals surface area contributed by atoms with Crippen LogP contribution >= 0.6 is 0 Å². The van der Waals surface area contributed by atoms with E-state index in [1.807, 2.05) is 6.07 Å². The molecule has 1 aromatic carbocycles. The number of carbonyl (C=O) groups excluding carboxylic acids is 1. The van der Waals surface area contributed by atoms with Crippen LogP contribution in [-0.4, -0.2) is 35.1 Å². The molecule has 2 heterocycles. The van der Waals surface area contributed by atoms with E-state index in [1.54, 1.807) is 29.2 Å². The molecule has 0 bridgehead atoms. The first kappa shape index (κ1) is 15.7. The summed E-state index contributed by atoms with van der Waals surface area (Å²) in [6, 6.07) is 11.1. The minimum Gasteiger partial charge on any atom is -0.471 e. The van der Waals surface area contributed by atoms with Crippen LogP contribution in [-0.2, 0) is 6.54 Å². The lowest BCUT2D eigenvalue weighted by atomic mass is 10.2. The Morgan fingerprint density at radius 1 is 1.33 bits per heavy atom. The highest BCUT2D eigenvalue weighted by Gasteiger charge is 2.32. The van der Waals surface area contributed by atoms with Crippen LogP contribution in [0.1, 0.15) is 11.1 Å². The van der Waals surface area contributed by atoms with Crippen LogP contribution < -0.4 is 10.1 Å². The summed E-state index contributed by atoms with van der Waals surface area (Å²) in [6.45, 7) is 1.28. The Hall–Kier alpha value is -3.14. The van der Waals surface area contributed by atoms with Crippen LogP contribution in [0.25, 0.3) is 0 Å². The van der Waals surface area contributed by atoms with Gasteiger partial charge in [-0.3, -0.25) is 0 Å². The maximum absolute atomic E-state index is 12.8.